The molecule has 154 valence electrons. The van der Waals surface area contributed by atoms with E-state index in [2.05, 4.69) is 4.72 Å². The highest BCUT2D eigenvalue weighted by atomic mass is 32.2. The van der Waals surface area contributed by atoms with E-state index in [0.29, 0.717) is 18.7 Å². The van der Waals surface area contributed by atoms with Crippen molar-refractivity contribution in [1.29, 1.82) is 0 Å². The van der Waals surface area contributed by atoms with Crippen LogP contribution < -0.4 is 9.62 Å². The highest BCUT2D eigenvalue weighted by Crippen LogP contribution is 2.35. The third-order valence-corrected chi connectivity index (χ3v) is 7.30. The lowest BCUT2D eigenvalue weighted by Gasteiger charge is -2.22. The number of carbonyl (C=O) groups excluding carboxylic acids is 1. The van der Waals surface area contributed by atoms with Crippen molar-refractivity contribution in [3.63, 3.8) is 0 Å². The Hall–Kier alpha value is -2.93. The molecular formula is C23H23N3O3S. The second kappa shape index (κ2) is 7.40. The zero-order valence-corrected chi connectivity index (χ0v) is 17.4. The lowest BCUT2D eigenvalue weighted by atomic mass is 9.93. The van der Waals surface area contributed by atoms with E-state index < -0.39 is 10.0 Å². The van der Waals surface area contributed by atoms with Gasteiger partial charge in [0.2, 0.25) is 5.91 Å². The number of hydrogen-bond donors (Lipinski definition) is 1. The molecule has 5 rings (SSSR count). The number of benzene rings is 2. The molecule has 7 heteroatoms. The maximum atomic E-state index is 13.2. The molecule has 1 aromatic heterocycles. The van der Waals surface area contributed by atoms with Crippen LogP contribution in [0.2, 0.25) is 0 Å². The highest BCUT2D eigenvalue weighted by molar-refractivity contribution is 7.92. The van der Waals surface area contributed by atoms with E-state index in [-0.39, 0.29) is 10.8 Å². The van der Waals surface area contributed by atoms with E-state index in [1.165, 1.54) is 0 Å². The lowest BCUT2D eigenvalue weighted by molar-refractivity contribution is -0.117. The Morgan fingerprint density at radius 2 is 1.67 bits per heavy atom. The summed E-state index contributed by atoms with van der Waals surface area (Å²) in [7, 11) is -3.77. The first-order valence-electron chi connectivity index (χ1n) is 10.4. The van der Waals surface area contributed by atoms with Crippen LogP contribution in [-0.2, 0) is 27.7 Å². The van der Waals surface area contributed by atoms with Crippen LogP contribution in [0.5, 0.6) is 0 Å². The molecule has 0 unspecified atom stereocenters. The first kappa shape index (κ1) is 19.1. The van der Waals surface area contributed by atoms with Crippen molar-refractivity contribution in [2.24, 2.45) is 0 Å². The molecule has 2 heterocycles. The van der Waals surface area contributed by atoms with Crippen molar-refractivity contribution in [2.75, 3.05) is 16.2 Å². The average Bonchev–Trinajstić information content (AvgIpc) is 3.19. The Morgan fingerprint density at radius 1 is 0.900 bits per heavy atom. The van der Waals surface area contributed by atoms with Crippen molar-refractivity contribution in [1.82, 2.24) is 4.98 Å². The van der Waals surface area contributed by atoms with Crippen LogP contribution in [0.25, 0.3) is 10.9 Å². The number of fused-ring (bicyclic) bond motifs is 2. The number of anilines is 2. The van der Waals surface area contributed by atoms with Crippen molar-refractivity contribution >= 4 is 38.2 Å². The van der Waals surface area contributed by atoms with Gasteiger partial charge in [-0.15, -0.1) is 0 Å². The van der Waals surface area contributed by atoms with Gasteiger partial charge < -0.3 is 4.90 Å². The molecule has 0 atom stereocenters. The summed E-state index contributed by atoms with van der Waals surface area (Å²) in [4.78, 5) is 18.6. The number of sulfonamides is 1. The quantitative estimate of drug-likeness (QED) is 0.689. The fourth-order valence-corrected chi connectivity index (χ4v) is 5.52. The number of nitrogens with zero attached hydrogens (tertiary/aromatic N) is 2. The number of aryl methyl sites for hydroxylation is 1. The van der Waals surface area contributed by atoms with E-state index in [9.17, 15) is 13.2 Å². The smallest absolute Gasteiger partial charge is 0.261 e. The van der Waals surface area contributed by atoms with Crippen LogP contribution in [-0.4, -0.2) is 25.9 Å². The van der Waals surface area contributed by atoms with Crippen molar-refractivity contribution in [3.05, 3.63) is 59.8 Å². The summed E-state index contributed by atoms with van der Waals surface area (Å²) in [6, 6.07) is 14.2. The van der Waals surface area contributed by atoms with E-state index in [4.69, 9.17) is 4.98 Å². The van der Waals surface area contributed by atoms with Crippen molar-refractivity contribution in [3.8, 4) is 0 Å². The molecule has 1 aliphatic heterocycles. The zero-order chi connectivity index (χ0) is 20.7. The van der Waals surface area contributed by atoms with Gasteiger partial charge in [0.1, 0.15) is 0 Å². The molecule has 0 spiro atoms. The van der Waals surface area contributed by atoms with Crippen LogP contribution in [0, 0.1) is 0 Å². The number of nitrogens with one attached hydrogen (secondary N) is 1. The molecule has 2 aliphatic rings. The SMILES string of the molecule is O=C1CCCN1c1ccc(S(=O)(=O)Nc2c3c(nc4ccccc24)CCCC3)cc1. The normalized spacial score (nSPS) is 16.7. The Balaban J connectivity index is 1.52. The molecule has 1 saturated heterocycles. The predicted molar refractivity (Wildman–Crippen MR) is 117 cm³/mol. The first-order chi connectivity index (χ1) is 14.5. The average molecular weight is 422 g/mol. The summed E-state index contributed by atoms with van der Waals surface area (Å²) in [5.41, 5.74) is 4.18. The van der Waals surface area contributed by atoms with Gasteiger partial charge in [0.25, 0.3) is 10.0 Å². The fraction of sp³-hybridized carbons (Fsp3) is 0.304. The molecule has 3 aromatic rings. The minimum absolute atomic E-state index is 0.0821. The van der Waals surface area contributed by atoms with Crippen LogP contribution in [0.4, 0.5) is 11.4 Å². The number of hydrogen-bond acceptors (Lipinski definition) is 4. The summed E-state index contributed by atoms with van der Waals surface area (Å²) in [5, 5.41) is 0.820. The highest BCUT2D eigenvalue weighted by Gasteiger charge is 2.24. The Bertz CT molecular complexity index is 1240. The van der Waals surface area contributed by atoms with Gasteiger partial charge >= 0.3 is 0 Å². The van der Waals surface area contributed by atoms with Gasteiger partial charge in [0.05, 0.1) is 16.1 Å². The molecule has 1 fully saturated rings. The first-order valence-corrected chi connectivity index (χ1v) is 11.8. The van der Waals surface area contributed by atoms with Gasteiger partial charge in [-0.25, -0.2) is 8.42 Å². The summed E-state index contributed by atoms with van der Waals surface area (Å²) < 4.78 is 29.3. The van der Waals surface area contributed by atoms with Gasteiger partial charge in [-0.2, -0.15) is 0 Å². The molecular weight excluding hydrogens is 398 g/mol. The van der Waals surface area contributed by atoms with E-state index in [0.717, 1.165) is 60.0 Å². The van der Waals surface area contributed by atoms with E-state index in [1.807, 2.05) is 24.3 Å². The largest absolute Gasteiger partial charge is 0.312 e. The molecule has 1 aliphatic carbocycles. The van der Waals surface area contributed by atoms with Gasteiger partial charge in [0.15, 0.2) is 0 Å². The van der Waals surface area contributed by atoms with Gasteiger partial charge in [-0.3, -0.25) is 14.5 Å². The minimum Gasteiger partial charge on any atom is -0.312 e. The second-order valence-electron chi connectivity index (χ2n) is 7.88. The number of pyridine rings is 1. The molecule has 6 nitrogen and oxygen atoms in total. The van der Waals surface area contributed by atoms with Gasteiger partial charge in [-0.1, -0.05) is 18.2 Å². The number of rotatable bonds is 4. The van der Waals surface area contributed by atoms with E-state index in [1.54, 1.807) is 29.2 Å². The molecule has 2 aromatic carbocycles. The third kappa shape index (κ3) is 3.33. The lowest BCUT2D eigenvalue weighted by Crippen LogP contribution is -2.23. The van der Waals surface area contributed by atoms with Crippen LogP contribution in [0.3, 0.4) is 0 Å². The minimum atomic E-state index is -3.77. The molecule has 30 heavy (non-hydrogen) atoms. The molecule has 1 amide bonds. The Kier molecular flexibility index (Phi) is 4.70. The maximum Gasteiger partial charge on any atom is 0.261 e. The van der Waals surface area contributed by atoms with E-state index >= 15 is 0 Å². The van der Waals surface area contributed by atoms with Crippen molar-refractivity contribution < 1.29 is 13.2 Å². The van der Waals surface area contributed by atoms with Gasteiger partial charge in [-0.05, 0) is 68.0 Å². The second-order valence-corrected chi connectivity index (χ2v) is 9.57. The van der Waals surface area contributed by atoms with Crippen molar-refractivity contribution in [2.45, 2.75) is 43.4 Å². The maximum absolute atomic E-state index is 13.2. The zero-order valence-electron chi connectivity index (χ0n) is 16.6. The summed E-state index contributed by atoms with van der Waals surface area (Å²) >= 11 is 0. The fourth-order valence-electron chi connectivity index (χ4n) is 4.41. The van der Waals surface area contributed by atoms with Gasteiger partial charge in [0, 0.05) is 29.7 Å². The number of aromatic nitrogens is 1. The monoisotopic (exact) mass is 421 g/mol. The summed E-state index contributed by atoms with van der Waals surface area (Å²) in [6.45, 7) is 0.679. The predicted octanol–water partition coefficient (Wildman–Crippen LogP) is 4.04. The van der Waals surface area contributed by atoms with Crippen LogP contribution >= 0.6 is 0 Å². The molecule has 0 bridgehead atoms. The summed E-state index contributed by atoms with van der Waals surface area (Å²) in [6.07, 6.45) is 5.17. The number of para-hydroxylation sites is 1. The third-order valence-electron chi connectivity index (χ3n) is 5.94. The van der Waals surface area contributed by atoms with Crippen LogP contribution in [0.15, 0.2) is 53.4 Å². The Morgan fingerprint density at radius 3 is 2.43 bits per heavy atom. The molecule has 1 N–H and O–H groups in total. The van der Waals surface area contributed by atoms with Crippen LogP contribution in [0.1, 0.15) is 36.9 Å². The Labute approximate surface area is 176 Å². The topological polar surface area (TPSA) is 79.4 Å². The molecule has 0 radical (unpaired) electrons. The number of carbonyl (C=O) groups is 1. The standard InChI is InChI=1S/C23H23N3O3S/c27-22-10-5-15-26(22)16-11-13-17(14-12-16)30(28,29)25-23-18-6-1-3-8-20(18)24-21-9-4-2-7-19(21)23/h1,3,6,8,11-14H,2,4-5,7,9-10,15H2,(H,24,25). The summed E-state index contributed by atoms with van der Waals surface area (Å²) in [5.74, 6) is 0.0821. The number of amides is 1. The molecule has 0 saturated carbocycles.